The summed E-state index contributed by atoms with van der Waals surface area (Å²) in [6.07, 6.45) is 0. The molecular weight excluding hydrogens is 264 g/mol. The molecule has 2 aromatic carbocycles. The highest BCUT2D eigenvalue weighted by Crippen LogP contribution is 2.44. The molecule has 1 heterocycles. The Bertz CT molecular complexity index is 681. The zero-order chi connectivity index (χ0) is 15.0. The smallest absolute Gasteiger partial charge is 0.231 e. The molecule has 2 aromatic rings. The molecule has 0 fully saturated rings. The topological polar surface area (TPSA) is 70.5 Å². The summed E-state index contributed by atoms with van der Waals surface area (Å²) >= 11 is 0. The average Bonchev–Trinajstić information content (AvgIpc) is 2.95. The van der Waals surface area contributed by atoms with Crippen LogP contribution >= 0.6 is 0 Å². The summed E-state index contributed by atoms with van der Waals surface area (Å²) in [7, 11) is 0. The lowest BCUT2D eigenvalue weighted by Gasteiger charge is -2.16. The van der Waals surface area contributed by atoms with E-state index in [1.807, 2.05) is 19.1 Å². The standard InChI is InChI=1S/C17H20N2O2/c1-10-3-4-12(11(2)19)7-14(10)16-13(8-18)5-6-15-17(16)21-9-20-15/h3-7,11H,8-9,18-19H2,1-2H3. The molecule has 1 unspecified atom stereocenters. The quantitative estimate of drug-likeness (QED) is 0.909. The SMILES string of the molecule is Cc1ccc(C(C)N)cc1-c1c(CN)ccc2c1OCO2. The van der Waals surface area contributed by atoms with Gasteiger partial charge in [0.2, 0.25) is 6.79 Å². The van der Waals surface area contributed by atoms with Crippen molar-refractivity contribution in [3.8, 4) is 22.6 Å². The van der Waals surface area contributed by atoms with Crippen LogP contribution in [-0.4, -0.2) is 6.79 Å². The van der Waals surface area contributed by atoms with Crippen LogP contribution in [0.3, 0.4) is 0 Å². The minimum absolute atomic E-state index is 0.0143. The van der Waals surface area contributed by atoms with Gasteiger partial charge in [0, 0.05) is 18.2 Å². The van der Waals surface area contributed by atoms with Crippen molar-refractivity contribution in [1.29, 1.82) is 0 Å². The summed E-state index contributed by atoms with van der Waals surface area (Å²) in [6.45, 7) is 4.76. The fraction of sp³-hybridized carbons (Fsp3) is 0.294. The summed E-state index contributed by atoms with van der Waals surface area (Å²) in [6, 6.07) is 10.2. The van der Waals surface area contributed by atoms with E-state index in [0.29, 0.717) is 6.54 Å². The second-order valence-corrected chi connectivity index (χ2v) is 5.40. The van der Waals surface area contributed by atoms with E-state index < -0.39 is 0 Å². The average molecular weight is 284 g/mol. The van der Waals surface area contributed by atoms with Crippen molar-refractivity contribution in [3.63, 3.8) is 0 Å². The fourth-order valence-electron chi connectivity index (χ4n) is 2.67. The molecular formula is C17H20N2O2. The molecule has 0 amide bonds. The van der Waals surface area contributed by atoms with E-state index in [1.165, 1.54) is 0 Å². The van der Waals surface area contributed by atoms with Crippen molar-refractivity contribution in [2.24, 2.45) is 11.5 Å². The molecule has 0 saturated carbocycles. The number of rotatable bonds is 3. The molecule has 0 aliphatic carbocycles. The van der Waals surface area contributed by atoms with Crippen LogP contribution in [0.15, 0.2) is 30.3 Å². The first-order valence-electron chi connectivity index (χ1n) is 7.10. The molecule has 1 aliphatic heterocycles. The van der Waals surface area contributed by atoms with E-state index >= 15 is 0 Å². The summed E-state index contributed by atoms with van der Waals surface area (Å²) < 4.78 is 11.2. The van der Waals surface area contributed by atoms with Gasteiger partial charge in [0.15, 0.2) is 11.5 Å². The fourth-order valence-corrected chi connectivity index (χ4v) is 2.67. The molecule has 4 N–H and O–H groups in total. The highest BCUT2D eigenvalue weighted by molar-refractivity contribution is 5.80. The predicted molar refractivity (Wildman–Crippen MR) is 83.2 cm³/mol. The Morgan fingerprint density at radius 2 is 2.00 bits per heavy atom. The van der Waals surface area contributed by atoms with Gasteiger partial charge in [-0.2, -0.15) is 0 Å². The van der Waals surface area contributed by atoms with E-state index in [0.717, 1.165) is 39.3 Å². The van der Waals surface area contributed by atoms with Crippen LogP contribution in [0.2, 0.25) is 0 Å². The van der Waals surface area contributed by atoms with Gasteiger partial charge in [0.1, 0.15) is 0 Å². The summed E-state index contributed by atoms with van der Waals surface area (Å²) in [4.78, 5) is 0. The van der Waals surface area contributed by atoms with Crippen molar-refractivity contribution in [1.82, 2.24) is 0 Å². The van der Waals surface area contributed by atoms with Crippen molar-refractivity contribution in [2.45, 2.75) is 26.4 Å². The Balaban J connectivity index is 2.25. The Hall–Kier alpha value is -2.04. The molecule has 0 bridgehead atoms. The minimum Gasteiger partial charge on any atom is -0.454 e. The summed E-state index contributed by atoms with van der Waals surface area (Å²) in [5.74, 6) is 1.55. The van der Waals surface area contributed by atoms with Crippen molar-refractivity contribution >= 4 is 0 Å². The molecule has 21 heavy (non-hydrogen) atoms. The number of benzene rings is 2. The maximum absolute atomic E-state index is 6.01. The van der Waals surface area contributed by atoms with Crippen molar-refractivity contribution in [2.75, 3.05) is 6.79 Å². The molecule has 0 radical (unpaired) electrons. The van der Waals surface area contributed by atoms with Crippen LogP contribution in [0.4, 0.5) is 0 Å². The molecule has 1 atom stereocenters. The molecule has 110 valence electrons. The highest BCUT2D eigenvalue weighted by atomic mass is 16.7. The number of ether oxygens (including phenoxy) is 2. The second kappa shape index (κ2) is 5.39. The van der Waals surface area contributed by atoms with Gasteiger partial charge >= 0.3 is 0 Å². The maximum Gasteiger partial charge on any atom is 0.231 e. The van der Waals surface area contributed by atoms with Crippen LogP contribution in [0.25, 0.3) is 11.1 Å². The number of fused-ring (bicyclic) bond motifs is 1. The Morgan fingerprint density at radius 3 is 2.71 bits per heavy atom. The Labute approximate surface area is 124 Å². The van der Waals surface area contributed by atoms with Gasteiger partial charge in [0.25, 0.3) is 0 Å². The number of aryl methyl sites for hydroxylation is 1. The Morgan fingerprint density at radius 1 is 1.19 bits per heavy atom. The van der Waals surface area contributed by atoms with Crippen molar-refractivity contribution in [3.05, 3.63) is 47.0 Å². The Kier molecular flexibility index (Phi) is 3.57. The second-order valence-electron chi connectivity index (χ2n) is 5.40. The monoisotopic (exact) mass is 284 g/mol. The van der Waals surface area contributed by atoms with E-state index in [9.17, 15) is 0 Å². The molecule has 0 aromatic heterocycles. The van der Waals surface area contributed by atoms with Gasteiger partial charge in [-0.1, -0.05) is 18.2 Å². The first-order chi connectivity index (χ1) is 10.1. The van der Waals surface area contributed by atoms with Crippen LogP contribution in [-0.2, 0) is 6.54 Å². The van der Waals surface area contributed by atoms with Gasteiger partial charge < -0.3 is 20.9 Å². The van der Waals surface area contributed by atoms with E-state index in [1.54, 1.807) is 0 Å². The first-order valence-corrected chi connectivity index (χ1v) is 7.10. The number of nitrogens with two attached hydrogens (primary N) is 2. The summed E-state index contributed by atoms with van der Waals surface area (Å²) in [5, 5.41) is 0. The van der Waals surface area contributed by atoms with Gasteiger partial charge in [-0.05, 0) is 48.2 Å². The molecule has 0 saturated heterocycles. The van der Waals surface area contributed by atoms with E-state index in [4.69, 9.17) is 20.9 Å². The molecule has 4 heteroatoms. The van der Waals surface area contributed by atoms with Gasteiger partial charge in [-0.25, -0.2) is 0 Å². The first kappa shape index (κ1) is 13.9. The normalized spacial score (nSPS) is 14.3. The highest BCUT2D eigenvalue weighted by Gasteiger charge is 2.22. The van der Waals surface area contributed by atoms with Crippen LogP contribution < -0.4 is 20.9 Å². The molecule has 4 nitrogen and oxygen atoms in total. The third-order valence-corrected chi connectivity index (χ3v) is 3.90. The van der Waals surface area contributed by atoms with Gasteiger partial charge in [0.05, 0.1) is 0 Å². The van der Waals surface area contributed by atoms with Crippen LogP contribution in [0, 0.1) is 6.92 Å². The minimum atomic E-state index is -0.0143. The van der Waals surface area contributed by atoms with Gasteiger partial charge in [-0.3, -0.25) is 0 Å². The van der Waals surface area contributed by atoms with Crippen molar-refractivity contribution < 1.29 is 9.47 Å². The number of hydrogen-bond acceptors (Lipinski definition) is 4. The van der Waals surface area contributed by atoms with Gasteiger partial charge in [-0.15, -0.1) is 0 Å². The third-order valence-electron chi connectivity index (χ3n) is 3.90. The lowest BCUT2D eigenvalue weighted by Crippen LogP contribution is -2.06. The van der Waals surface area contributed by atoms with Crippen LogP contribution in [0.1, 0.15) is 29.7 Å². The zero-order valence-electron chi connectivity index (χ0n) is 12.3. The molecule has 1 aliphatic rings. The predicted octanol–water partition coefficient (Wildman–Crippen LogP) is 2.87. The number of hydrogen-bond donors (Lipinski definition) is 2. The lowest BCUT2D eigenvalue weighted by atomic mass is 9.92. The molecule has 3 rings (SSSR count). The van der Waals surface area contributed by atoms with Crippen LogP contribution in [0.5, 0.6) is 11.5 Å². The maximum atomic E-state index is 6.01. The van der Waals surface area contributed by atoms with E-state index in [-0.39, 0.29) is 12.8 Å². The largest absolute Gasteiger partial charge is 0.454 e. The zero-order valence-corrected chi connectivity index (χ0v) is 12.3. The van der Waals surface area contributed by atoms with E-state index in [2.05, 4.69) is 25.1 Å². The third kappa shape index (κ3) is 2.37. The molecule has 0 spiro atoms. The summed E-state index contributed by atoms with van der Waals surface area (Å²) in [5.41, 5.74) is 17.4. The lowest BCUT2D eigenvalue weighted by molar-refractivity contribution is 0.174.